The van der Waals surface area contributed by atoms with Gasteiger partial charge in [-0.25, -0.2) is 0 Å². The minimum Gasteiger partial charge on any atom is -0.352 e. The summed E-state index contributed by atoms with van der Waals surface area (Å²) in [5, 5.41) is 11.8. The van der Waals surface area contributed by atoms with Crippen LogP contribution in [0.3, 0.4) is 0 Å². The van der Waals surface area contributed by atoms with E-state index in [1.54, 1.807) is 60.7 Å². The summed E-state index contributed by atoms with van der Waals surface area (Å²) in [6.45, 7) is 0. The molecule has 7 rings (SSSR count). The fourth-order valence-electron chi connectivity index (χ4n) is 6.90. The largest absolute Gasteiger partial charge is 0.352 e. The van der Waals surface area contributed by atoms with Crippen LogP contribution in [-0.4, -0.2) is 34.4 Å². The lowest BCUT2D eigenvalue weighted by atomic mass is 9.64. The molecule has 0 amide bonds. The number of nitrogens with zero attached hydrogens (tertiary/aromatic N) is 2. The lowest BCUT2D eigenvalue weighted by Crippen LogP contribution is -2.48. The number of hydrogen-bond donors (Lipinski definition) is 0. The van der Waals surface area contributed by atoms with E-state index in [0.717, 1.165) is 11.3 Å². The van der Waals surface area contributed by atoms with Crippen LogP contribution in [0.25, 0.3) is 6.08 Å². The summed E-state index contributed by atoms with van der Waals surface area (Å²) < 4.78 is 0. The highest BCUT2D eigenvalue weighted by atomic mass is 16.6. The Balaban J connectivity index is 1.56. The van der Waals surface area contributed by atoms with Crippen molar-refractivity contribution in [1.82, 2.24) is 0 Å². The van der Waals surface area contributed by atoms with Gasteiger partial charge in [-0.05, 0) is 17.2 Å². The van der Waals surface area contributed by atoms with Crippen LogP contribution >= 0.6 is 0 Å². The second-order valence-electron chi connectivity index (χ2n) is 10.3. The van der Waals surface area contributed by atoms with Gasteiger partial charge in [-0.3, -0.25) is 24.5 Å². The van der Waals surface area contributed by atoms with Gasteiger partial charge < -0.3 is 4.90 Å². The molecule has 0 aromatic heterocycles. The Morgan fingerprint density at radius 1 is 0.800 bits per heavy atom. The maximum absolute atomic E-state index is 14.6. The first-order valence-corrected chi connectivity index (χ1v) is 13.0. The Morgan fingerprint density at radius 3 is 2.15 bits per heavy atom. The molecule has 0 saturated carbocycles. The number of nitro benzene ring substituents is 1. The first-order chi connectivity index (χ1) is 19.4. The van der Waals surface area contributed by atoms with Crippen LogP contribution in [-0.2, 0) is 0 Å². The molecule has 40 heavy (non-hydrogen) atoms. The van der Waals surface area contributed by atoms with Gasteiger partial charge in [-0.1, -0.05) is 97.1 Å². The molecule has 1 spiro atoms. The minimum absolute atomic E-state index is 0.171. The zero-order valence-corrected chi connectivity index (χ0v) is 21.1. The number of anilines is 1. The SMILES string of the molecule is O=C(c1ccccc1)[C@@H]1[C@H](c2cccc([N+](=O)[O-])c2)C2(C(=O)c3ccccc3C2=O)[C@@H]2C=Cc3ccccc3N12. The summed E-state index contributed by atoms with van der Waals surface area (Å²) >= 11 is 0. The summed E-state index contributed by atoms with van der Waals surface area (Å²) in [5.41, 5.74) is 1.17. The first-order valence-electron chi connectivity index (χ1n) is 13.0. The van der Waals surface area contributed by atoms with E-state index in [2.05, 4.69) is 0 Å². The number of hydrogen-bond acceptors (Lipinski definition) is 6. The molecule has 7 nitrogen and oxygen atoms in total. The van der Waals surface area contributed by atoms with Crippen LogP contribution in [0.5, 0.6) is 0 Å². The molecule has 4 aromatic rings. The van der Waals surface area contributed by atoms with Crippen LogP contribution < -0.4 is 4.90 Å². The van der Waals surface area contributed by atoms with E-state index in [1.807, 2.05) is 47.4 Å². The predicted molar refractivity (Wildman–Crippen MR) is 150 cm³/mol. The van der Waals surface area contributed by atoms with E-state index in [4.69, 9.17) is 0 Å². The van der Waals surface area contributed by atoms with Crippen molar-refractivity contribution in [2.75, 3.05) is 4.90 Å². The van der Waals surface area contributed by atoms with Gasteiger partial charge in [0.1, 0.15) is 11.5 Å². The highest BCUT2D eigenvalue weighted by Gasteiger charge is 2.71. The van der Waals surface area contributed by atoms with Crippen LogP contribution in [0.4, 0.5) is 11.4 Å². The normalized spacial score (nSPS) is 21.7. The van der Waals surface area contributed by atoms with Gasteiger partial charge in [0.2, 0.25) is 0 Å². The van der Waals surface area contributed by atoms with Crippen molar-refractivity contribution in [3.05, 3.63) is 147 Å². The highest BCUT2D eigenvalue weighted by Crippen LogP contribution is 2.61. The molecular weight excluding hydrogens is 504 g/mol. The summed E-state index contributed by atoms with van der Waals surface area (Å²) in [6.07, 6.45) is 3.73. The topological polar surface area (TPSA) is 97.6 Å². The Kier molecular flexibility index (Phi) is 5.19. The Labute approximate surface area is 229 Å². The smallest absolute Gasteiger partial charge is 0.269 e. The Hall–Kier alpha value is -5.17. The fraction of sp³-hybridized carbons (Fsp3) is 0.121. The average molecular weight is 527 g/mol. The molecule has 0 bridgehead atoms. The molecule has 4 aromatic carbocycles. The van der Waals surface area contributed by atoms with E-state index in [1.165, 1.54) is 12.1 Å². The van der Waals surface area contributed by atoms with E-state index in [-0.39, 0.29) is 23.0 Å². The first kappa shape index (κ1) is 23.9. The third kappa shape index (κ3) is 3.09. The molecule has 0 N–H and O–H groups in total. The molecule has 0 unspecified atom stereocenters. The summed E-state index contributed by atoms with van der Waals surface area (Å²) in [5.74, 6) is -1.99. The summed E-state index contributed by atoms with van der Waals surface area (Å²) in [4.78, 5) is 56.9. The van der Waals surface area contributed by atoms with Crippen LogP contribution in [0.15, 0.2) is 109 Å². The number of benzene rings is 4. The van der Waals surface area contributed by atoms with E-state index in [0.29, 0.717) is 22.3 Å². The lowest BCUT2D eigenvalue weighted by molar-refractivity contribution is -0.384. The molecule has 194 valence electrons. The van der Waals surface area contributed by atoms with E-state index < -0.39 is 28.3 Å². The standard InChI is InChI=1S/C33H22N2O5/c36-30(21-10-2-1-3-11-21)29-28(22-12-8-13-23(19-22)35(39)40)33(31(37)24-14-5-6-15-25(24)32(33)38)27-18-17-20-9-4-7-16-26(20)34(27)29/h1-19,27-29H/t27-,28-,29-/m0/s1. The van der Waals surface area contributed by atoms with Gasteiger partial charge in [-0.15, -0.1) is 0 Å². The van der Waals surface area contributed by atoms with Crippen molar-refractivity contribution < 1.29 is 19.3 Å². The number of non-ortho nitro benzene ring substituents is 1. The van der Waals surface area contributed by atoms with Crippen molar-refractivity contribution in [2.45, 2.75) is 18.0 Å². The van der Waals surface area contributed by atoms with Gasteiger partial charge in [0.25, 0.3) is 5.69 Å². The van der Waals surface area contributed by atoms with Gasteiger partial charge >= 0.3 is 0 Å². The van der Waals surface area contributed by atoms with Gasteiger partial charge in [0.05, 0.1) is 11.0 Å². The summed E-state index contributed by atoms with van der Waals surface area (Å²) in [7, 11) is 0. The third-order valence-corrected chi connectivity index (χ3v) is 8.48. The monoisotopic (exact) mass is 526 g/mol. The van der Waals surface area contributed by atoms with Gasteiger partial charge in [0.15, 0.2) is 17.3 Å². The number of para-hydroxylation sites is 1. The summed E-state index contributed by atoms with van der Waals surface area (Å²) in [6, 6.07) is 27.3. The number of ketones is 3. The highest BCUT2D eigenvalue weighted by molar-refractivity contribution is 6.32. The molecule has 0 radical (unpaired) electrons. The Morgan fingerprint density at radius 2 is 1.45 bits per heavy atom. The van der Waals surface area contributed by atoms with Crippen molar-refractivity contribution in [1.29, 1.82) is 0 Å². The van der Waals surface area contributed by atoms with E-state index in [9.17, 15) is 24.5 Å². The second kappa shape index (κ2) is 8.68. The van der Waals surface area contributed by atoms with Crippen molar-refractivity contribution in [3.8, 4) is 0 Å². The number of fused-ring (bicyclic) bond motifs is 5. The van der Waals surface area contributed by atoms with Crippen LogP contribution in [0.1, 0.15) is 48.1 Å². The fourth-order valence-corrected chi connectivity index (χ4v) is 6.90. The predicted octanol–water partition coefficient (Wildman–Crippen LogP) is 5.91. The van der Waals surface area contributed by atoms with Crippen molar-refractivity contribution in [2.24, 2.45) is 5.41 Å². The molecule has 1 saturated heterocycles. The molecule has 2 aliphatic heterocycles. The quantitative estimate of drug-likeness (QED) is 0.142. The molecular formula is C33H22N2O5. The minimum atomic E-state index is -1.70. The van der Waals surface area contributed by atoms with Gasteiger partial charge in [-0.2, -0.15) is 0 Å². The third-order valence-electron chi connectivity index (χ3n) is 8.48. The van der Waals surface area contributed by atoms with Crippen molar-refractivity contribution >= 4 is 34.8 Å². The maximum atomic E-state index is 14.6. The molecule has 1 fully saturated rings. The molecule has 2 heterocycles. The van der Waals surface area contributed by atoms with E-state index >= 15 is 0 Å². The molecule has 3 atom stereocenters. The van der Waals surface area contributed by atoms with Crippen LogP contribution in [0, 0.1) is 15.5 Å². The average Bonchev–Trinajstić information content (AvgIpc) is 3.43. The van der Waals surface area contributed by atoms with Gasteiger partial charge in [0, 0.05) is 40.4 Å². The van der Waals surface area contributed by atoms with Crippen molar-refractivity contribution in [3.63, 3.8) is 0 Å². The zero-order chi connectivity index (χ0) is 27.6. The molecule has 3 aliphatic rings. The maximum Gasteiger partial charge on any atom is 0.269 e. The second-order valence-corrected chi connectivity index (χ2v) is 10.3. The number of rotatable bonds is 4. The number of carbonyl (C=O) groups is 3. The number of Topliss-reactive ketones (excluding diaryl/α,β-unsaturated/α-hetero) is 3. The van der Waals surface area contributed by atoms with Crippen LogP contribution in [0.2, 0.25) is 0 Å². The number of carbonyl (C=O) groups excluding carboxylic acids is 3. The zero-order valence-electron chi connectivity index (χ0n) is 21.1. The number of nitro groups is 1. The lowest BCUT2D eigenvalue weighted by Gasteiger charge is -2.37. The molecule has 7 heteroatoms. The molecule has 1 aliphatic carbocycles. The Bertz CT molecular complexity index is 1740.